The van der Waals surface area contributed by atoms with Crippen LogP contribution in [0, 0.1) is 0 Å². The Morgan fingerprint density at radius 1 is 0.630 bits per heavy atom. The molecule has 5 rings (SSSR count). The molecule has 2 heteroatoms. The van der Waals surface area contributed by atoms with Crippen molar-refractivity contribution >= 4 is 22.5 Å². The Bertz CT molecular complexity index is 1090. The van der Waals surface area contributed by atoms with Crippen LogP contribution in [0.4, 0.5) is 5.69 Å². The van der Waals surface area contributed by atoms with E-state index in [1.54, 1.807) is 0 Å². The second-order valence-electron chi connectivity index (χ2n) is 6.86. The summed E-state index contributed by atoms with van der Waals surface area (Å²) in [5.74, 6) is 0. The van der Waals surface area contributed by atoms with Crippen LogP contribution in [0.25, 0.3) is 16.8 Å². The smallest absolute Gasteiger partial charge is 0.135 e. The summed E-state index contributed by atoms with van der Waals surface area (Å²) >= 11 is 0. The van der Waals surface area contributed by atoms with Crippen LogP contribution >= 0.6 is 0 Å². The number of rotatable bonds is 2. The summed E-state index contributed by atoms with van der Waals surface area (Å²) < 4.78 is 0. The topological polar surface area (TPSA) is 23.5 Å². The highest BCUT2D eigenvalue weighted by Crippen LogP contribution is 2.45. The van der Waals surface area contributed by atoms with Crippen molar-refractivity contribution in [3.05, 3.63) is 120 Å². The second-order valence-corrected chi connectivity index (χ2v) is 6.86. The largest absolute Gasteiger partial charge is 0.287 e. The molecule has 0 radical (unpaired) electrons. The van der Waals surface area contributed by atoms with Gasteiger partial charge in [0.25, 0.3) is 0 Å². The van der Waals surface area contributed by atoms with Crippen molar-refractivity contribution in [1.29, 1.82) is 0 Å². The predicted molar refractivity (Wildman–Crippen MR) is 111 cm³/mol. The molecule has 1 heterocycles. The highest BCUT2D eigenvalue weighted by atomic mass is 16.5. The predicted octanol–water partition coefficient (Wildman–Crippen LogP) is 6.01. The maximum atomic E-state index is 11.5. The summed E-state index contributed by atoms with van der Waals surface area (Å²) in [5, 5.41) is 15.2. The molecule has 0 fully saturated rings. The molecule has 0 amide bonds. The molecular formula is C25H19NO. The Kier molecular flexibility index (Phi) is 3.59. The van der Waals surface area contributed by atoms with E-state index < -0.39 is 5.54 Å². The third-order valence-electron chi connectivity index (χ3n) is 5.43. The minimum atomic E-state index is -0.766. The van der Waals surface area contributed by atoms with Gasteiger partial charge in [-0.2, -0.15) is 0 Å². The highest BCUT2D eigenvalue weighted by molar-refractivity contribution is 5.97. The zero-order valence-corrected chi connectivity index (χ0v) is 14.8. The van der Waals surface area contributed by atoms with Gasteiger partial charge in [0.05, 0.1) is 5.69 Å². The van der Waals surface area contributed by atoms with E-state index >= 15 is 0 Å². The van der Waals surface area contributed by atoms with Gasteiger partial charge in [-0.15, -0.1) is 0 Å². The quantitative estimate of drug-likeness (QED) is 0.479. The van der Waals surface area contributed by atoms with Crippen molar-refractivity contribution in [2.45, 2.75) is 5.54 Å². The van der Waals surface area contributed by atoms with E-state index in [4.69, 9.17) is 0 Å². The molecule has 130 valence electrons. The SMILES string of the molecule is ON1c2ccc3ccccc3c2C=CC1(c1ccccc1)c1ccccc1. The van der Waals surface area contributed by atoms with Gasteiger partial charge in [0.2, 0.25) is 0 Å². The van der Waals surface area contributed by atoms with E-state index in [-0.39, 0.29) is 0 Å². The fraction of sp³-hybridized carbons (Fsp3) is 0.0400. The van der Waals surface area contributed by atoms with E-state index in [1.807, 2.05) is 54.6 Å². The molecule has 0 saturated carbocycles. The molecule has 0 atom stereocenters. The van der Waals surface area contributed by atoms with E-state index in [0.717, 1.165) is 27.8 Å². The zero-order chi connectivity index (χ0) is 18.3. The monoisotopic (exact) mass is 349 g/mol. The first kappa shape index (κ1) is 15.9. The third kappa shape index (κ3) is 2.31. The van der Waals surface area contributed by atoms with Gasteiger partial charge in [0.1, 0.15) is 5.54 Å². The van der Waals surface area contributed by atoms with Crippen molar-refractivity contribution in [2.24, 2.45) is 0 Å². The maximum Gasteiger partial charge on any atom is 0.135 e. The van der Waals surface area contributed by atoms with Crippen LogP contribution in [-0.4, -0.2) is 5.21 Å². The molecule has 0 aliphatic carbocycles. The lowest BCUT2D eigenvalue weighted by Gasteiger charge is -2.43. The number of fused-ring (bicyclic) bond motifs is 3. The molecule has 2 nitrogen and oxygen atoms in total. The van der Waals surface area contributed by atoms with E-state index in [2.05, 4.69) is 54.6 Å². The average molecular weight is 349 g/mol. The van der Waals surface area contributed by atoms with Gasteiger partial charge in [-0.25, -0.2) is 5.06 Å². The third-order valence-corrected chi connectivity index (χ3v) is 5.43. The molecule has 1 aliphatic rings. The minimum Gasteiger partial charge on any atom is -0.287 e. The molecule has 1 N–H and O–H groups in total. The van der Waals surface area contributed by atoms with Crippen molar-refractivity contribution in [3.63, 3.8) is 0 Å². The molecule has 0 saturated heterocycles. The van der Waals surface area contributed by atoms with Crippen LogP contribution in [0.5, 0.6) is 0 Å². The van der Waals surface area contributed by atoms with Crippen LogP contribution < -0.4 is 5.06 Å². The number of hydrogen-bond acceptors (Lipinski definition) is 2. The Balaban J connectivity index is 1.80. The van der Waals surface area contributed by atoms with Crippen molar-refractivity contribution in [3.8, 4) is 0 Å². The van der Waals surface area contributed by atoms with Gasteiger partial charge in [-0.05, 0) is 34.0 Å². The number of hydroxylamine groups is 1. The van der Waals surface area contributed by atoms with Gasteiger partial charge in [0.15, 0.2) is 0 Å². The van der Waals surface area contributed by atoms with Gasteiger partial charge >= 0.3 is 0 Å². The molecule has 1 aliphatic heterocycles. The lowest BCUT2D eigenvalue weighted by atomic mass is 9.79. The van der Waals surface area contributed by atoms with E-state index in [1.165, 1.54) is 10.4 Å². The fourth-order valence-corrected chi connectivity index (χ4v) is 4.10. The zero-order valence-electron chi connectivity index (χ0n) is 14.8. The molecule has 0 unspecified atom stereocenters. The number of anilines is 1. The second kappa shape index (κ2) is 6.11. The van der Waals surface area contributed by atoms with Gasteiger partial charge in [-0.1, -0.05) is 97.1 Å². The highest BCUT2D eigenvalue weighted by Gasteiger charge is 2.41. The first-order valence-electron chi connectivity index (χ1n) is 9.12. The van der Waals surface area contributed by atoms with Gasteiger partial charge < -0.3 is 0 Å². The van der Waals surface area contributed by atoms with Crippen LogP contribution in [0.2, 0.25) is 0 Å². The van der Waals surface area contributed by atoms with Crippen LogP contribution in [0.1, 0.15) is 16.7 Å². The summed E-state index contributed by atoms with van der Waals surface area (Å²) in [6.45, 7) is 0. The Labute approximate surface area is 158 Å². The average Bonchev–Trinajstić information content (AvgIpc) is 2.75. The number of nitrogens with zero attached hydrogens (tertiary/aromatic N) is 1. The fourth-order valence-electron chi connectivity index (χ4n) is 4.10. The Morgan fingerprint density at radius 2 is 1.22 bits per heavy atom. The number of benzene rings is 4. The van der Waals surface area contributed by atoms with E-state index in [0.29, 0.717) is 0 Å². The van der Waals surface area contributed by atoms with Crippen molar-refractivity contribution < 1.29 is 5.21 Å². The van der Waals surface area contributed by atoms with Crippen LogP contribution in [-0.2, 0) is 5.54 Å². The molecule has 0 spiro atoms. The molecule has 0 aromatic heterocycles. The van der Waals surface area contributed by atoms with E-state index in [9.17, 15) is 5.21 Å². The molecular weight excluding hydrogens is 330 g/mol. The molecule has 27 heavy (non-hydrogen) atoms. The first-order chi connectivity index (χ1) is 13.3. The molecule has 4 aromatic rings. The normalized spacial score (nSPS) is 14.9. The standard InChI is InChI=1S/C25H19NO/c27-26-24-16-15-19-9-7-8-14-22(19)23(24)17-18-25(26,20-10-3-1-4-11-20)21-12-5-2-6-13-21/h1-18,27H. The first-order valence-corrected chi connectivity index (χ1v) is 9.12. The van der Waals surface area contributed by atoms with Gasteiger partial charge in [0, 0.05) is 5.56 Å². The van der Waals surface area contributed by atoms with Crippen LogP contribution in [0.15, 0.2) is 103 Å². The van der Waals surface area contributed by atoms with Crippen molar-refractivity contribution in [1.82, 2.24) is 0 Å². The summed E-state index contributed by atoms with van der Waals surface area (Å²) in [4.78, 5) is 0. The van der Waals surface area contributed by atoms with Crippen LogP contribution in [0.3, 0.4) is 0 Å². The summed E-state index contributed by atoms with van der Waals surface area (Å²) in [6.07, 6.45) is 4.25. The van der Waals surface area contributed by atoms with Crippen molar-refractivity contribution in [2.75, 3.05) is 5.06 Å². The molecule has 4 aromatic carbocycles. The number of hydrogen-bond donors (Lipinski definition) is 1. The Hall–Kier alpha value is -3.36. The summed E-state index contributed by atoms with van der Waals surface area (Å²) in [7, 11) is 0. The van der Waals surface area contributed by atoms with Gasteiger partial charge in [-0.3, -0.25) is 5.21 Å². The molecule has 0 bridgehead atoms. The Morgan fingerprint density at radius 3 is 1.89 bits per heavy atom. The summed E-state index contributed by atoms with van der Waals surface area (Å²) in [5.41, 5.74) is 3.13. The summed E-state index contributed by atoms with van der Waals surface area (Å²) in [6, 6.07) is 32.6. The maximum absolute atomic E-state index is 11.5. The lowest BCUT2D eigenvalue weighted by molar-refractivity contribution is 0.196. The lowest BCUT2D eigenvalue weighted by Crippen LogP contribution is -2.45. The minimum absolute atomic E-state index is 0.766.